The molecule has 0 amide bonds. The van der Waals surface area contributed by atoms with E-state index in [4.69, 9.17) is 4.42 Å². The third kappa shape index (κ3) is 2.33. The molecule has 0 spiro atoms. The van der Waals surface area contributed by atoms with E-state index in [2.05, 4.69) is 21.2 Å². The van der Waals surface area contributed by atoms with Gasteiger partial charge in [0.1, 0.15) is 17.3 Å². The molecular formula is C12H11BrFNO. The van der Waals surface area contributed by atoms with E-state index in [-0.39, 0.29) is 5.82 Å². The maximum atomic E-state index is 13.1. The second-order valence-electron chi connectivity index (χ2n) is 3.42. The summed E-state index contributed by atoms with van der Waals surface area (Å²) in [7, 11) is 1.85. The Kier molecular flexibility index (Phi) is 3.41. The minimum Gasteiger partial charge on any atom is -0.460 e. The Morgan fingerprint density at radius 3 is 2.88 bits per heavy atom. The van der Waals surface area contributed by atoms with Gasteiger partial charge in [0.15, 0.2) is 0 Å². The van der Waals surface area contributed by atoms with Crippen LogP contribution in [0.3, 0.4) is 0 Å². The van der Waals surface area contributed by atoms with Gasteiger partial charge in [-0.25, -0.2) is 4.39 Å². The van der Waals surface area contributed by atoms with Crippen LogP contribution in [-0.4, -0.2) is 7.05 Å². The maximum Gasteiger partial charge on any atom is 0.135 e. The molecule has 0 fully saturated rings. The van der Waals surface area contributed by atoms with Crippen LogP contribution in [0.5, 0.6) is 0 Å². The highest BCUT2D eigenvalue weighted by molar-refractivity contribution is 9.10. The number of hydrogen-bond acceptors (Lipinski definition) is 2. The highest BCUT2D eigenvalue weighted by atomic mass is 79.9. The number of furan rings is 1. The fourth-order valence-electron chi connectivity index (χ4n) is 1.48. The van der Waals surface area contributed by atoms with Crippen molar-refractivity contribution in [3.63, 3.8) is 0 Å². The van der Waals surface area contributed by atoms with Crippen LogP contribution >= 0.6 is 15.9 Å². The molecule has 84 valence electrons. The Balaban J connectivity index is 2.38. The zero-order chi connectivity index (χ0) is 11.5. The van der Waals surface area contributed by atoms with Crippen LogP contribution in [-0.2, 0) is 6.54 Å². The Morgan fingerprint density at radius 2 is 2.12 bits per heavy atom. The molecule has 0 aliphatic rings. The molecule has 0 saturated carbocycles. The van der Waals surface area contributed by atoms with Crippen LogP contribution in [0.2, 0.25) is 0 Å². The fraction of sp³-hybridized carbons (Fsp3) is 0.167. The van der Waals surface area contributed by atoms with Gasteiger partial charge in [-0.3, -0.25) is 0 Å². The average molecular weight is 284 g/mol. The van der Waals surface area contributed by atoms with Crippen LogP contribution in [0, 0.1) is 5.82 Å². The molecule has 1 N–H and O–H groups in total. The second-order valence-corrected chi connectivity index (χ2v) is 4.27. The third-order valence-electron chi connectivity index (χ3n) is 2.21. The lowest BCUT2D eigenvalue weighted by Crippen LogP contribution is -2.03. The van der Waals surface area contributed by atoms with Gasteiger partial charge >= 0.3 is 0 Å². The van der Waals surface area contributed by atoms with Crippen molar-refractivity contribution in [2.75, 3.05) is 7.05 Å². The molecule has 0 aliphatic heterocycles. The molecule has 0 radical (unpaired) electrons. The summed E-state index contributed by atoms with van der Waals surface area (Å²) < 4.78 is 19.5. The average Bonchev–Trinajstić information content (AvgIpc) is 2.71. The van der Waals surface area contributed by atoms with Crippen LogP contribution in [0.4, 0.5) is 4.39 Å². The molecule has 1 aromatic heterocycles. The molecule has 0 unspecified atom stereocenters. The summed E-state index contributed by atoms with van der Waals surface area (Å²) >= 11 is 3.37. The van der Waals surface area contributed by atoms with Gasteiger partial charge in [-0.1, -0.05) is 15.9 Å². The molecule has 2 rings (SSSR count). The van der Waals surface area contributed by atoms with Crippen molar-refractivity contribution in [2.24, 2.45) is 0 Å². The Labute approximate surface area is 102 Å². The van der Waals surface area contributed by atoms with Gasteiger partial charge in [0.05, 0.1) is 6.54 Å². The minimum absolute atomic E-state index is 0.273. The molecule has 1 heterocycles. The van der Waals surface area contributed by atoms with Crippen LogP contribution in [0.1, 0.15) is 5.76 Å². The van der Waals surface area contributed by atoms with Crippen molar-refractivity contribution in [1.82, 2.24) is 5.32 Å². The molecular weight excluding hydrogens is 273 g/mol. The molecule has 0 saturated heterocycles. The SMILES string of the molecule is CNCc1ccc(-c2cc(F)ccc2Br)o1. The van der Waals surface area contributed by atoms with Crippen molar-refractivity contribution in [1.29, 1.82) is 0 Å². The van der Waals surface area contributed by atoms with E-state index in [0.717, 1.165) is 15.8 Å². The normalized spacial score (nSPS) is 10.7. The van der Waals surface area contributed by atoms with Gasteiger partial charge in [0.25, 0.3) is 0 Å². The van der Waals surface area contributed by atoms with Gasteiger partial charge < -0.3 is 9.73 Å². The van der Waals surface area contributed by atoms with Crippen molar-refractivity contribution in [3.8, 4) is 11.3 Å². The standard InChI is InChI=1S/C12H11BrFNO/c1-15-7-9-3-5-12(16-9)10-6-8(14)2-4-11(10)13/h2-6,15H,7H2,1H3. The zero-order valence-electron chi connectivity index (χ0n) is 8.76. The highest BCUT2D eigenvalue weighted by Gasteiger charge is 2.09. The van der Waals surface area contributed by atoms with Gasteiger partial charge in [0.2, 0.25) is 0 Å². The minimum atomic E-state index is -0.273. The van der Waals surface area contributed by atoms with Crippen molar-refractivity contribution >= 4 is 15.9 Å². The summed E-state index contributed by atoms with van der Waals surface area (Å²) in [6, 6.07) is 8.25. The number of rotatable bonds is 3. The maximum absolute atomic E-state index is 13.1. The number of nitrogens with one attached hydrogen (secondary N) is 1. The zero-order valence-corrected chi connectivity index (χ0v) is 10.3. The lowest BCUT2D eigenvalue weighted by atomic mass is 10.2. The van der Waals surface area contributed by atoms with E-state index < -0.39 is 0 Å². The molecule has 0 atom stereocenters. The predicted molar refractivity (Wildman–Crippen MR) is 64.6 cm³/mol. The van der Waals surface area contributed by atoms with E-state index in [9.17, 15) is 4.39 Å². The number of benzene rings is 1. The fourth-order valence-corrected chi connectivity index (χ4v) is 1.92. The lowest BCUT2D eigenvalue weighted by molar-refractivity contribution is 0.506. The molecule has 0 aliphatic carbocycles. The summed E-state index contributed by atoms with van der Waals surface area (Å²) in [4.78, 5) is 0. The topological polar surface area (TPSA) is 25.2 Å². The van der Waals surface area contributed by atoms with Crippen LogP contribution < -0.4 is 5.32 Å². The summed E-state index contributed by atoms with van der Waals surface area (Å²) in [5.41, 5.74) is 0.724. The van der Waals surface area contributed by atoms with Crippen LogP contribution in [0.25, 0.3) is 11.3 Å². The van der Waals surface area contributed by atoms with Crippen molar-refractivity contribution in [3.05, 3.63) is 46.4 Å². The van der Waals surface area contributed by atoms with Crippen molar-refractivity contribution < 1.29 is 8.81 Å². The molecule has 2 aromatic rings. The third-order valence-corrected chi connectivity index (χ3v) is 2.90. The Bertz CT molecular complexity index is 496. The number of halogens is 2. The molecule has 16 heavy (non-hydrogen) atoms. The first-order chi connectivity index (χ1) is 7.70. The van der Waals surface area contributed by atoms with Gasteiger partial charge in [0, 0.05) is 10.0 Å². The Morgan fingerprint density at radius 1 is 1.31 bits per heavy atom. The second kappa shape index (κ2) is 4.80. The van der Waals surface area contributed by atoms with E-state index in [1.54, 1.807) is 6.07 Å². The summed E-state index contributed by atoms with van der Waals surface area (Å²) in [5, 5.41) is 3.00. The van der Waals surface area contributed by atoms with E-state index >= 15 is 0 Å². The monoisotopic (exact) mass is 283 g/mol. The highest BCUT2D eigenvalue weighted by Crippen LogP contribution is 2.30. The van der Waals surface area contributed by atoms with Crippen molar-refractivity contribution in [2.45, 2.75) is 6.54 Å². The lowest BCUT2D eigenvalue weighted by Gasteiger charge is -2.01. The van der Waals surface area contributed by atoms with E-state index in [1.807, 2.05) is 19.2 Å². The first-order valence-corrected chi connectivity index (χ1v) is 5.69. The predicted octanol–water partition coefficient (Wildman–Crippen LogP) is 3.57. The molecule has 2 nitrogen and oxygen atoms in total. The smallest absolute Gasteiger partial charge is 0.135 e. The van der Waals surface area contributed by atoms with E-state index in [0.29, 0.717) is 12.3 Å². The van der Waals surface area contributed by atoms with E-state index in [1.165, 1.54) is 12.1 Å². The largest absolute Gasteiger partial charge is 0.460 e. The van der Waals surface area contributed by atoms with Gasteiger partial charge in [-0.2, -0.15) is 0 Å². The summed E-state index contributed by atoms with van der Waals surface area (Å²) in [6.45, 7) is 0.660. The molecule has 4 heteroatoms. The summed E-state index contributed by atoms with van der Waals surface area (Å²) in [5.74, 6) is 1.22. The summed E-state index contributed by atoms with van der Waals surface area (Å²) in [6.07, 6.45) is 0. The Hall–Kier alpha value is -1.13. The first kappa shape index (κ1) is 11.4. The van der Waals surface area contributed by atoms with Crippen LogP contribution in [0.15, 0.2) is 39.2 Å². The van der Waals surface area contributed by atoms with Gasteiger partial charge in [-0.05, 0) is 37.4 Å². The molecule has 1 aromatic carbocycles. The quantitative estimate of drug-likeness (QED) is 0.932. The van der Waals surface area contributed by atoms with Gasteiger partial charge in [-0.15, -0.1) is 0 Å². The molecule has 0 bridgehead atoms. The number of hydrogen-bond donors (Lipinski definition) is 1. The first-order valence-electron chi connectivity index (χ1n) is 4.89.